The molecule has 6 heteroatoms. The van der Waals surface area contributed by atoms with Gasteiger partial charge in [-0.2, -0.15) is 0 Å². The highest BCUT2D eigenvalue weighted by atomic mass is 16.2. The summed E-state index contributed by atoms with van der Waals surface area (Å²) in [5, 5.41) is 12.5. The summed E-state index contributed by atoms with van der Waals surface area (Å²) >= 11 is 0. The van der Waals surface area contributed by atoms with Gasteiger partial charge in [0.15, 0.2) is 0 Å². The van der Waals surface area contributed by atoms with Gasteiger partial charge in [0, 0.05) is 45.3 Å². The van der Waals surface area contributed by atoms with Crippen molar-refractivity contribution in [3.8, 4) is 0 Å². The first-order valence-corrected chi connectivity index (χ1v) is 12.2. The summed E-state index contributed by atoms with van der Waals surface area (Å²) in [4.78, 5) is 25.4. The van der Waals surface area contributed by atoms with Crippen LogP contribution in [-0.4, -0.2) is 11.8 Å². The van der Waals surface area contributed by atoms with E-state index >= 15 is 0 Å². The third kappa shape index (κ3) is 6.44. The van der Waals surface area contributed by atoms with E-state index in [9.17, 15) is 9.59 Å². The van der Waals surface area contributed by atoms with E-state index in [0.717, 1.165) is 34.1 Å². The number of anilines is 6. The van der Waals surface area contributed by atoms with Crippen molar-refractivity contribution in [2.75, 3.05) is 21.3 Å². The first-order valence-electron chi connectivity index (χ1n) is 12.2. The molecule has 0 aromatic heterocycles. The summed E-state index contributed by atoms with van der Waals surface area (Å²) in [6.45, 7) is 0. The normalized spacial score (nSPS) is 10.3. The van der Waals surface area contributed by atoms with Crippen LogP contribution in [0.1, 0.15) is 20.7 Å². The number of rotatable bonds is 8. The summed E-state index contributed by atoms with van der Waals surface area (Å²) in [6.07, 6.45) is 0. The number of hydrogen-bond acceptors (Lipinski definition) is 4. The second-order valence-electron chi connectivity index (χ2n) is 8.63. The van der Waals surface area contributed by atoms with Gasteiger partial charge in [0.1, 0.15) is 0 Å². The number of amides is 2. The van der Waals surface area contributed by atoms with E-state index < -0.39 is 0 Å². The zero-order valence-corrected chi connectivity index (χ0v) is 20.5. The van der Waals surface area contributed by atoms with Gasteiger partial charge in [-0.25, -0.2) is 0 Å². The number of carbonyl (C=O) groups is 2. The maximum atomic E-state index is 12.7. The highest BCUT2D eigenvalue weighted by Gasteiger charge is 2.09. The second kappa shape index (κ2) is 11.6. The van der Waals surface area contributed by atoms with Gasteiger partial charge in [-0.3, -0.25) is 9.59 Å². The molecule has 0 saturated carbocycles. The molecule has 6 nitrogen and oxygen atoms in total. The fourth-order valence-corrected chi connectivity index (χ4v) is 3.93. The van der Waals surface area contributed by atoms with E-state index in [1.165, 1.54) is 0 Å². The van der Waals surface area contributed by atoms with E-state index in [-0.39, 0.29) is 11.8 Å². The molecule has 0 heterocycles. The Kier molecular flexibility index (Phi) is 7.42. The lowest BCUT2D eigenvalue weighted by atomic mass is 10.1. The van der Waals surface area contributed by atoms with Crippen molar-refractivity contribution in [2.24, 2.45) is 0 Å². The van der Waals surface area contributed by atoms with E-state index in [1.54, 1.807) is 12.1 Å². The summed E-state index contributed by atoms with van der Waals surface area (Å²) < 4.78 is 0. The Morgan fingerprint density at radius 1 is 0.368 bits per heavy atom. The molecule has 0 atom stereocenters. The van der Waals surface area contributed by atoms with Crippen LogP contribution in [0.4, 0.5) is 34.1 Å². The van der Waals surface area contributed by atoms with Crippen LogP contribution in [0.5, 0.6) is 0 Å². The maximum absolute atomic E-state index is 12.7. The van der Waals surface area contributed by atoms with Crippen LogP contribution < -0.4 is 21.3 Å². The predicted molar refractivity (Wildman–Crippen MR) is 155 cm³/mol. The SMILES string of the molecule is O=C(Nc1ccccc1)c1cccc(Nc2cccc(Nc3cccc(C(=O)Nc4ccccc4)c3)c2)c1. The molecule has 2 amide bonds. The Hall–Kier alpha value is -5.36. The quantitative estimate of drug-likeness (QED) is 0.177. The van der Waals surface area contributed by atoms with Crippen LogP contribution in [0.25, 0.3) is 0 Å². The van der Waals surface area contributed by atoms with E-state index in [1.807, 2.05) is 121 Å². The van der Waals surface area contributed by atoms with Crippen LogP contribution >= 0.6 is 0 Å². The van der Waals surface area contributed by atoms with Gasteiger partial charge in [0.05, 0.1) is 0 Å². The van der Waals surface area contributed by atoms with Crippen molar-refractivity contribution in [1.82, 2.24) is 0 Å². The lowest BCUT2D eigenvalue weighted by Gasteiger charge is -2.12. The summed E-state index contributed by atoms with van der Waals surface area (Å²) in [6, 6.07) is 41.2. The molecule has 0 radical (unpaired) electrons. The Balaban J connectivity index is 1.25. The molecule has 5 aromatic carbocycles. The predicted octanol–water partition coefficient (Wildman–Crippen LogP) is 7.68. The standard InChI is InChI=1S/C32H26N4O2/c37-31(35-25-12-3-1-4-13-25)23-10-7-16-27(20-23)33-29-18-9-19-30(22-29)34-28-17-8-11-24(21-28)32(38)36-26-14-5-2-6-15-26/h1-22,33-34H,(H,35,37)(H,36,38). The number of benzene rings is 5. The van der Waals surface area contributed by atoms with Crippen LogP contribution in [-0.2, 0) is 0 Å². The lowest BCUT2D eigenvalue weighted by molar-refractivity contribution is 0.101. The minimum atomic E-state index is -0.175. The van der Waals surface area contributed by atoms with Crippen LogP contribution in [0, 0.1) is 0 Å². The van der Waals surface area contributed by atoms with Gasteiger partial charge in [0.2, 0.25) is 0 Å². The molecule has 0 fully saturated rings. The molecule has 0 bridgehead atoms. The van der Waals surface area contributed by atoms with E-state index in [2.05, 4.69) is 21.3 Å². The van der Waals surface area contributed by atoms with Gasteiger partial charge in [-0.1, -0.05) is 54.6 Å². The van der Waals surface area contributed by atoms with Crippen molar-refractivity contribution in [3.05, 3.63) is 145 Å². The molecule has 186 valence electrons. The topological polar surface area (TPSA) is 82.3 Å². The molecule has 0 spiro atoms. The minimum absolute atomic E-state index is 0.175. The van der Waals surface area contributed by atoms with E-state index in [4.69, 9.17) is 0 Å². The Bertz CT molecular complexity index is 1440. The first kappa shape index (κ1) is 24.3. The van der Waals surface area contributed by atoms with E-state index in [0.29, 0.717) is 11.1 Å². The van der Waals surface area contributed by atoms with Crippen LogP contribution in [0.15, 0.2) is 133 Å². The van der Waals surface area contributed by atoms with Crippen molar-refractivity contribution >= 4 is 45.9 Å². The number of nitrogens with one attached hydrogen (secondary N) is 4. The lowest BCUT2D eigenvalue weighted by Crippen LogP contribution is -2.12. The molecule has 38 heavy (non-hydrogen) atoms. The molecule has 0 unspecified atom stereocenters. The zero-order chi connectivity index (χ0) is 26.2. The summed E-state index contributed by atoms with van der Waals surface area (Å²) in [7, 11) is 0. The molecule has 0 aliphatic heterocycles. The highest BCUT2D eigenvalue weighted by Crippen LogP contribution is 2.24. The third-order valence-electron chi connectivity index (χ3n) is 5.75. The van der Waals surface area contributed by atoms with Gasteiger partial charge < -0.3 is 21.3 Å². The molecular formula is C32H26N4O2. The maximum Gasteiger partial charge on any atom is 0.255 e. The van der Waals surface area contributed by atoms with Crippen molar-refractivity contribution in [1.29, 1.82) is 0 Å². The summed E-state index contributed by atoms with van der Waals surface area (Å²) in [5.74, 6) is -0.349. The van der Waals surface area contributed by atoms with Gasteiger partial charge >= 0.3 is 0 Å². The molecule has 5 rings (SSSR count). The Morgan fingerprint density at radius 2 is 0.711 bits per heavy atom. The molecule has 0 saturated heterocycles. The fourth-order valence-electron chi connectivity index (χ4n) is 3.93. The van der Waals surface area contributed by atoms with Crippen LogP contribution in [0.3, 0.4) is 0 Å². The minimum Gasteiger partial charge on any atom is -0.355 e. The largest absolute Gasteiger partial charge is 0.355 e. The van der Waals surface area contributed by atoms with Crippen molar-refractivity contribution < 1.29 is 9.59 Å². The Morgan fingerprint density at radius 3 is 1.13 bits per heavy atom. The van der Waals surface area contributed by atoms with Crippen molar-refractivity contribution in [3.63, 3.8) is 0 Å². The monoisotopic (exact) mass is 498 g/mol. The average Bonchev–Trinajstić information content (AvgIpc) is 2.95. The highest BCUT2D eigenvalue weighted by molar-refractivity contribution is 6.05. The molecule has 0 aliphatic carbocycles. The molecular weight excluding hydrogens is 472 g/mol. The van der Waals surface area contributed by atoms with Gasteiger partial charge in [-0.15, -0.1) is 0 Å². The molecule has 0 aliphatic rings. The van der Waals surface area contributed by atoms with Gasteiger partial charge in [0.25, 0.3) is 11.8 Å². The van der Waals surface area contributed by atoms with Crippen LogP contribution in [0.2, 0.25) is 0 Å². The third-order valence-corrected chi connectivity index (χ3v) is 5.75. The number of hydrogen-bond donors (Lipinski definition) is 4. The number of carbonyl (C=O) groups excluding carboxylic acids is 2. The number of para-hydroxylation sites is 2. The van der Waals surface area contributed by atoms with Crippen molar-refractivity contribution in [2.45, 2.75) is 0 Å². The summed E-state index contributed by atoms with van der Waals surface area (Å²) in [5.41, 5.74) is 5.90. The Labute approximate surface area is 221 Å². The average molecular weight is 499 g/mol. The first-order chi connectivity index (χ1) is 18.6. The van der Waals surface area contributed by atoms with Gasteiger partial charge in [-0.05, 0) is 78.9 Å². The smallest absolute Gasteiger partial charge is 0.255 e. The zero-order valence-electron chi connectivity index (χ0n) is 20.5. The molecule has 5 aromatic rings. The fraction of sp³-hybridized carbons (Fsp3) is 0. The molecule has 4 N–H and O–H groups in total. The second-order valence-corrected chi connectivity index (χ2v) is 8.63.